The zero-order chi connectivity index (χ0) is 24.0. The lowest BCUT2D eigenvalue weighted by Crippen LogP contribution is -2.41. The summed E-state index contributed by atoms with van der Waals surface area (Å²) in [7, 11) is 1.72. The van der Waals surface area contributed by atoms with Crippen LogP contribution >= 0.6 is 0 Å². The molecule has 2 amide bonds. The summed E-state index contributed by atoms with van der Waals surface area (Å²) >= 11 is 0. The van der Waals surface area contributed by atoms with Crippen LogP contribution in [0.4, 0.5) is 10.2 Å². The molecule has 1 fully saturated rings. The molecular formula is C25H25FN4O4. The third-order valence-electron chi connectivity index (χ3n) is 5.94. The highest BCUT2D eigenvalue weighted by atomic mass is 19.1. The minimum atomic E-state index is -0.739. The first-order chi connectivity index (χ1) is 16.2. The number of aryl methyl sites for hydroxylation is 1. The number of ether oxygens (including phenoxy) is 2. The van der Waals surface area contributed by atoms with Crippen LogP contribution in [0, 0.1) is 5.82 Å². The number of carbonyl (C=O) groups is 2. The maximum absolute atomic E-state index is 15.3. The lowest BCUT2D eigenvalue weighted by molar-refractivity contribution is 0.0651. The van der Waals surface area contributed by atoms with Gasteiger partial charge in [0.2, 0.25) is 0 Å². The fourth-order valence-electron chi connectivity index (χ4n) is 4.08. The van der Waals surface area contributed by atoms with Crippen LogP contribution in [0.15, 0.2) is 42.6 Å². The molecule has 0 aliphatic carbocycles. The number of carbonyl (C=O) groups excluding carboxylic acids is 2. The Balaban J connectivity index is 1.45. The Labute approximate surface area is 196 Å². The smallest absolute Gasteiger partial charge is 0.260 e. The number of likely N-dealkylation sites (tertiary alicyclic amines) is 1. The van der Waals surface area contributed by atoms with Gasteiger partial charge in [-0.2, -0.15) is 5.10 Å². The summed E-state index contributed by atoms with van der Waals surface area (Å²) in [5, 5.41) is 6.71. The van der Waals surface area contributed by atoms with E-state index in [0.717, 1.165) is 19.5 Å². The third-order valence-corrected chi connectivity index (χ3v) is 5.94. The van der Waals surface area contributed by atoms with Gasteiger partial charge in [0, 0.05) is 49.9 Å². The second-order valence-electron chi connectivity index (χ2n) is 9.18. The molecule has 1 aromatic heterocycles. The van der Waals surface area contributed by atoms with Crippen LogP contribution in [0.2, 0.25) is 0 Å². The van der Waals surface area contributed by atoms with Crippen LogP contribution in [0.5, 0.6) is 17.2 Å². The largest absolute Gasteiger partial charge is 0.484 e. The molecule has 1 N–H and O–H groups in total. The van der Waals surface area contributed by atoms with Gasteiger partial charge in [-0.05, 0) is 50.6 Å². The molecule has 34 heavy (non-hydrogen) atoms. The van der Waals surface area contributed by atoms with Crippen LogP contribution < -0.4 is 14.8 Å². The number of halogens is 1. The highest BCUT2D eigenvalue weighted by Crippen LogP contribution is 2.45. The second kappa shape index (κ2) is 8.16. The zero-order valence-electron chi connectivity index (χ0n) is 19.2. The van der Waals surface area contributed by atoms with E-state index in [1.54, 1.807) is 48.5 Å². The number of hydrogen-bond acceptors (Lipinski definition) is 5. The van der Waals surface area contributed by atoms with Crippen molar-refractivity contribution in [1.29, 1.82) is 0 Å². The van der Waals surface area contributed by atoms with Crippen LogP contribution in [-0.2, 0) is 13.5 Å². The van der Waals surface area contributed by atoms with Gasteiger partial charge in [-0.15, -0.1) is 0 Å². The number of anilines is 1. The highest BCUT2D eigenvalue weighted by molar-refractivity contribution is 6.04. The molecule has 0 spiro atoms. The molecule has 176 valence electrons. The number of fused-ring (bicyclic) bond motifs is 1. The van der Waals surface area contributed by atoms with Crippen LogP contribution in [0.25, 0.3) is 0 Å². The van der Waals surface area contributed by atoms with Gasteiger partial charge >= 0.3 is 0 Å². The number of benzene rings is 2. The summed E-state index contributed by atoms with van der Waals surface area (Å²) in [4.78, 5) is 27.1. The van der Waals surface area contributed by atoms with Crippen LogP contribution in [0.1, 0.15) is 46.5 Å². The van der Waals surface area contributed by atoms with E-state index in [1.165, 1.54) is 10.7 Å². The monoisotopic (exact) mass is 464 g/mol. The Hall–Kier alpha value is -3.88. The maximum Gasteiger partial charge on any atom is 0.260 e. The second-order valence-corrected chi connectivity index (χ2v) is 9.18. The normalized spacial score (nSPS) is 15.8. The van der Waals surface area contributed by atoms with Gasteiger partial charge in [0.25, 0.3) is 11.8 Å². The van der Waals surface area contributed by atoms with E-state index in [4.69, 9.17) is 9.47 Å². The minimum Gasteiger partial charge on any atom is -0.484 e. The third kappa shape index (κ3) is 4.09. The average Bonchev–Trinajstić information content (AvgIpc) is 3.31. The van der Waals surface area contributed by atoms with E-state index in [9.17, 15) is 9.59 Å². The van der Waals surface area contributed by atoms with Crippen molar-refractivity contribution < 1.29 is 23.5 Å². The fraction of sp³-hybridized carbons (Fsp3) is 0.320. The lowest BCUT2D eigenvalue weighted by atomic mass is 9.99. The maximum atomic E-state index is 15.3. The minimum absolute atomic E-state index is 0.0101. The topological polar surface area (TPSA) is 85.7 Å². The molecule has 2 aliphatic heterocycles. The number of rotatable bonds is 5. The molecule has 2 aliphatic rings. The van der Waals surface area contributed by atoms with Crippen molar-refractivity contribution in [2.24, 2.45) is 7.05 Å². The SMILES string of the molecule is Cn1ccc(NC(=O)c2cc(Oc3ccc(C(=O)N4CCC4)cc3)c3c(c2F)OC(C)(C)C3)n1. The summed E-state index contributed by atoms with van der Waals surface area (Å²) in [6.07, 6.45) is 3.12. The van der Waals surface area contributed by atoms with Gasteiger partial charge in [-0.1, -0.05) is 0 Å². The van der Waals surface area contributed by atoms with E-state index in [2.05, 4.69) is 10.4 Å². The van der Waals surface area contributed by atoms with Crippen molar-refractivity contribution in [2.45, 2.75) is 32.3 Å². The molecule has 0 bridgehead atoms. The van der Waals surface area contributed by atoms with Crippen molar-refractivity contribution in [3.8, 4) is 17.2 Å². The highest BCUT2D eigenvalue weighted by Gasteiger charge is 2.37. The molecule has 0 saturated carbocycles. The van der Waals surface area contributed by atoms with Gasteiger partial charge in [0.05, 0.1) is 5.56 Å². The Bertz CT molecular complexity index is 1280. The van der Waals surface area contributed by atoms with Crippen molar-refractivity contribution in [3.05, 3.63) is 65.1 Å². The van der Waals surface area contributed by atoms with Gasteiger partial charge in [-0.25, -0.2) is 4.39 Å². The fourth-order valence-corrected chi connectivity index (χ4v) is 4.08. The number of hydrogen-bond donors (Lipinski definition) is 1. The molecule has 8 nitrogen and oxygen atoms in total. The Morgan fingerprint density at radius 1 is 1.18 bits per heavy atom. The summed E-state index contributed by atoms with van der Waals surface area (Å²) in [6.45, 7) is 5.25. The Morgan fingerprint density at radius 2 is 1.91 bits per heavy atom. The predicted octanol–water partition coefficient (Wildman–Crippen LogP) is 4.16. The zero-order valence-corrected chi connectivity index (χ0v) is 19.2. The van der Waals surface area contributed by atoms with E-state index >= 15 is 4.39 Å². The molecule has 0 atom stereocenters. The number of nitrogens with zero attached hydrogens (tertiary/aromatic N) is 3. The number of amides is 2. The number of nitrogens with one attached hydrogen (secondary N) is 1. The molecule has 0 unspecified atom stereocenters. The van der Waals surface area contributed by atoms with Crippen LogP contribution in [-0.4, -0.2) is 45.2 Å². The van der Waals surface area contributed by atoms with Crippen molar-refractivity contribution >= 4 is 17.6 Å². The molecule has 5 rings (SSSR count). The van der Waals surface area contributed by atoms with E-state index in [-0.39, 0.29) is 17.2 Å². The molecule has 3 heterocycles. The van der Waals surface area contributed by atoms with Gasteiger partial charge in [-0.3, -0.25) is 14.3 Å². The first-order valence-corrected chi connectivity index (χ1v) is 11.1. The van der Waals surface area contributed by atoms with Crippen molar-refractivity contribution in [3.63, 3.8) is 0 Å². The summed E-state index contributed by atoms with van der Waals surface area (Å²) in [5.74, 6) is -0.296. The average molecular weight is 464 g/mol. The quantitative estimate of drug-likeness (QED) is 0.613. The first kappa shape index (κ1) is 21.9. The van der Waals surface area contributed by atoms with Gasteiger partial charge in [0.1, 0.15) is 17.1 Å². The van der Waals surface area contributed by atoms with Gasteiger partial charge in [0.15, 0.2) is 17.4 Å². The molecule has 3 aromatic rings. The predicted molar refractivity (Wildman–Crippen MR) is 123 cm³/mol. The molecule has 0 radical (unpaired) electrons. The lowest BCUT2D eigenvalue weighted by Gasteiger charge is -2.30. The van der Waals surface area contributed by atoms with E-state index in [0.29, 0.717) is 34.9 Å². The van der Waals surface area contributed by atoms with Crippen molar-refractivity contribution in [2.75, 3.05) is 18.4 Å². The summed E-state index contributed by atoms with van der Waals surface area (Å²) in [5.41, 5.74) is 0.279. The standard InChI is InChI=1S/C25H25FN4O4/c1-25(2)14-18-19(33-16-7-5-15(6-8-16)24(32)30-10-4-11-30)13-17(21(26)22(18)34-25)23(31)27-20-9-12-29(3)28-20/h5-9,12-13H,4,10-11,14H2,1-3H3,(H,27,28,31). The first-order valence-electron chi connectivity index (χ1n) is 11.1. The molecular weight excluding hydrogens is 439 g/mol. The summed E-state index contributed by atoms with van der Waals surface area (Å²) < 4.78 is 28.8. The van der Waals surface area contributed by atoms with Gasteiger partial charge < -0.3 is 19.7 Å². The van der Waals surface area contributed by atoms with E-state index in [1.807, 2.05) is 13.8 Å². The molecule has 9 heteroatoms. The Morgan fingerprint density at radius 3 is 2.53 bits per heavy atom. The van der Waals surface area contributed by atoms with Crippen molar-refractivity contribution in [1.82, 2.24) is 14.7 Å². The van der Waals surface area contributed by atoms with E-state index < -0.39 is 17.3 Å². The molecule has 2 aromatic carbocycles. The van der Waals surface area contributed by atoms with Crippen LogP contribution in [0.3, 0.4) is 0 Å². The Kier molecular flexibility index (Phi) is 5.27. The molecule has 1 saturated heterocycles. The summed E-state index contributed by atoms with van der Waals surface area (Å²) in [6, 6.07) is 9.79. The number of aromatic nitrogens is 2.